The fourth-order valence-electron chi connectivity index (χ4n) is 3.02. The molecule has 1 aliphatic rings. The number of aromatic amines is 1. The van der Waals surface area contributed by atoms with Gasteiger partial charge in [0.25, 0.3) is 0 Å². The second-order valence-corrected chi connectivity index (χ2v) is 6.21. The van der Waals surface area contributed by atoms with Crippen LogP contribution in [0.5, 0.6) is 0 Å². The van der Waals surface area contributed by atoms with Crippen molar-refractivity contribution in [3.8, 4) is 0 Å². The molecule has 1 saturated heterocycles. The van der Waals surface area contributed by atoms with Crippen LogP contribution in [0.4, 0.5) is 0 Å². The molecule has 1 atom stereocenters. The van der Waals surface area contributed by atoms with Gasteiger partial charge >= 0.3 is 0 Å². The Kier molecular flexibility index (Phi) is 4.27. The fraction of sp³-hybridized carbons (Fsp3) is 0.733. The van der Waals surface area contributed by atoms with E-state index in [1.807, 2.05) is 18.7 Å². The predicted octanol–water partition coefficient (Wildman–Crippen LogP) is 2.46. The number of nitrogens with one attached hydrogen (secondary N) is 1. The molecule has 1 aliphatic heterocycles. The fourth-order valence-corrected chi connectivity index (χ4v) is 3.02. The van der Waals surface area contributed by atoms with E-state index in [1.165, 1.54) is 6.42 Å². The molecule has 0 aromatic carbocycles. The lowest BCUT2D eigenvalue weighted by atomic mass is 9.97. The summed E-state index contributed by atoms with van der Waals surface area (Å²) < 4.78 is 0. The number of hydrogen-bond donors (Lipinski definition) is 1. The second kappa shape index (κ2) is 5.76. The summed E-state index contributed by atoms with van der Waals surface area (Å²) in [5.74, 6) is 1.66. The molecule has 2 rings (SSSR count). The Morgan fingerprint density at radius 3 is 2.79 bits per heavy atom. The molecule has 4 heteroatoms. The number of likely N-dealkylation sites (tertiary alicyclic amines) is 1. The lowest BCUT2D eigenvalue weighted by molar-refractivity contribution is -0.129. The molecule has 106 valence electrons. The number of H-pyrrole nitrogens is 1. The van der Waals surface area contributed by atoms with E-state index in [1.54, 1.807) is 0 Å². The standard InChI is InChI=1S/C15H25N3O/c1-10(2)7-13-5-6-18(9-13)15(19)8-14-11(3)16-17-12(14)4/h10,13H,5-9H2,1-4H3,(H,16,17). The van der Waals surface area contributed by atoms with Crippen molar-refractivity contribution >= 4 is 5.91 Å². The summed E-state index contributed by atoms with van der Waals surface area (Å²) in [6.45, 7) is 10.3. The number of aryl methyl sites for hydroxylation is 2. The van der Waals surface area contributed by atoms with Crippen molar-refractivity contribution in [2.75, 3.05) is 13.1 Å². The lowest BCUT2D eigenvalue weighted by Gasteiger charge is -2.17. The summed E-state index contributed by atoms with van der Waals surface area (Å²) in [5, 5.41) is 7.10. The number of hydrogen-bond acceptors (Lipinski definition) is 2. The highest BCUT2D eigenvalue weighted by Crippen LogP contribution is 2.24. The molecular weight excluding hydrogens is 238 g/mol. The minimum absolute atomic E-state index is 0.249. The second-order valence-electron chi connectivity index (χ2n) is 6.21. The van der Waals surface area contributed by atoms with E-state index in [9.17, 15) is 4.79 Å². The Morgan fingerprint density at radius 2 is 2.21 bits per heavy atom. The average molecular weight is 263 g/mol. The van der Waals surface area contributed by atoms with Crippen LogP contribution in [-0.2, 0) is 11.2 Å². The summed E-state index contributed by atoms with van der Waals surface area (Å²) in [4.78, 5) is 14.4. The average Bonchev–Trinajstić information content (AvgIpc) is 2.90. The number of aromatic nitrogens is 2. The number of nitrogens with zero attached hydrogens (tertiary/aromatic N) is 2. The molecule has 1 aromatic heterocycles. The molecule has 1 unspecified atom stereocenters. The van der Waals surface area contributed by atoms with Crippen LogP contribution in [0, 0.1) is 25.7 Å². The molecule has 4 nitrogen and oxygen atoms in total. The van der Waals surface area contributed by atoms with Crippen molar-refractivity contribution in [3.63, 3.8) is 0 Å². The normalized spacial score (nSPS) is 19.4. The number of carbonyl (C=O) groups excluding carboxylic acids is 1. The van der Waals surface area contributed by atoms with Crippen molar-refractivity contribution in [2.45, 2.75) is 47.0 Å². The third kappa shape index (κ3) is 3.37. The number of rotatable bonds is 4. The first kappa shape index (κ1) is 14.1. The summed E-state index contributed by atoms with van der Waals surface area (Å²) >= 11 is 0. The van der Waals surface area contributed by atoms with Crippen LogP contribution in [0.1, 0.15) is 43.6 Å². The first-order chi connectivity index (χ1) is 8.97. The van der Waals surface area contributed by atoms with Gasteiger partial charge in [-0.05, 0) is 38.5 Å². The topological polar surface area (TPSA) is 49.0 Å². The molecule has 19 heavy (non-hydrogen) atoms. The highest BCUT2D eigenvalue weighted by atomic mass is 16.2. The van der Waals surface area contributed by atoms with Gasteiger partial charge < -0.3 is 4.90 Å². The van der Waals surface area contributed by atoms with Gasteiger partial charge in [-0.25, -0.2) is 0 Å². The van der Waals surface area contributed by atoms with Gasteiger partial charge in [-0.2, -0.15) is 5.10 Å². The largest absolute Gasteiger partial charge is 0.342 e. The van der Waals surface area contributed by atoms with E-state index in [2.05, 4.69) is 24.0 Å². The first-order valence-corrected chi connectivity index (χ1v) is 7.25. The quantitative estimate of drug-likeness (QED) is 0.907. The zero-order valence-corrected chi connectivity index (χ0v) is 12.5. The molecule has 0 radical (unpaired) electrons. The molecule has 0 saturated carbocycles. The maximum atomic E-state index is 12.3. The van der Waals surface area contributed by atoms with Crippen molar-refractivity contribution in [2.24, 2.45) is 11.8 Å². The van der Waals surface area contributed by atoms with Crippen LogP contribution in [0.3, 0.4) is 0 Å². The monoisotopic (exact) mass is 263 g/mol. The Morgan fingerprint density at radius 1 is 1.47 bits per heavy atom. The maximum Gasteiger partial charge on any atom is 0.227 e. The molecule has 0 spiro atoms. The van der Waals surface area contributed by atoms with Crippen LogP contribution in [0.25, 0.3) is 0 Å². The van der Waals surface area contributed by atoms with Crippen LogP contribution in [0.15, 0.2) is 0 Å². The van der Waals surface area contributed by atoms with Gasteiger partial charge in [-0.15, -0.1) is 0 Å². The number of amides is 1. The van der Waals surface area contributed by atoms with Gasteiger partial charge in [-0.1, -0.05) is 13.8 Å². The summed E-state index contributed by atoms with van der Waals surface area (Å²) in [7, 11) is 0. The van der Waals surface area contributed by atoms with Gasteiger partial charge in [-0.3, -0.25) is 9.89 Å². The first-order valence-electron chi connectivity index (χ1n) is 7.25. The molecule has 0 aliphatic carbocycles. The van der Waals surface area contributed by atoms with E-state index in [4.69, 9.17) is 0 Å². The highest BCUT2D eigenvalue weighted by molar-refractivity contribution is 5.79. The smallest absolute Gasteiger partial charge is 0.227 e. The van der Waals surface area contributed by atoms with Crippen molar-refractivity contribution in [3.05, 3.63) is 17.0 Å². The van der Waals surface area contributed by atoms with Gasteiger partial charge in [0, 0.05) is 24.3 Å². The minimum atomic E-state index is 0.249. The van der Waals surface area contributed by atoms with Crippen LogP contribution in [-0.4, -0.2) is 34.1 Å². The molecule has 2 heterocycles. The van der Waals surface area contributed by atoms with Gasteiger partial charge in [0.15, 0.2) is 0 Å². The molecule has 1 aromatic rings. The van der Waals surface area contributed by atoms with E-state index in [0.29, 0.717) is 12.3 Å². The van der Waals surface area contributed by atoms with Gasteiger partial charge in [0.05, 0.1) is 12.1 Å². The Balaban J connectivity index is 1.91. The molecule has 1 amide bonds. The third-order valence-corrected chi connectivity index (χ3v) is 4.05. The minimum Gasteiger partial charge on any atom is -0.342 e. The SMILES string of the molecule is Cc1n[nH]c(C)c1CC(=O)N1CCC(CC(C)C)C1. The van der Waals surface area contributed by atoms with Gasteiger partial charge in [0.2, 0.25) is 5.91 Å². The Hall–Kier alpha value is -1.32. The van der Waals surface area contributed by atoms with E-state index in [0.717, 1.165) is 42.4 Å². The third-order valence-electron chi connectivity index (χ3n) is 4.05. The summed E-state index contributed by atoms with van der Waals surface area (Å²) in [6, 6.07) is 0. The predicted molar refractivity (Wildman–Crippen MR) is 75.9 cm³/mol. The van der Waals surface area contributed by atoms with Crippen LogP contribution in [0.2, 0.25) is 0 Å². The highest BCUT2D eigenvalue weighted by Gasteiger charge is 2.27. The van der Waals surface area contributed by atoms with Crippen molar-refractivity contribution < 1.29 is 4.79 Å². The van der Waals surface area contributed by atoms with Crippen molar-refractivity contribution in [1.29, 1.82) is 0 Å². The summed E-state index contributed by atoms with van der Waals surface area (Å²) in [5.41, 5.74) is 3.03. The molecule has 1 fully saturated rings. The summed E-state index contributed by atoms with van der Waals surface area (Å²) in [6.07, 6.45) is 2.88. The van der Waals surface area contributed by atoms with E-state index < -0.39 is 0 Å². The Bertz CT molecular complexity index is 431. The molecule has 1 N–H and O–H groups in total. The molecule has 0 bridgehead atoms. The Labute approximate surface area is 115 Å². The van der Waals surface area contributed by atoms with Crippen LogP contribution >= 0.6 is 0 Å². The van der Waals surface area contributed by atoms with Crippen molar-refractivity contribution in [1.82, 2.24) is 15.1 Å². The maximum absolute atomic E-state index is 12.3. The zero-order chi connectivity index (χ0) is 14.0. The lowest BCUT2D eigenvalue weighted by Crippen LogP contribution is -2.30. The van der Waals surface area contributed by atoms with E-state index >= 15 is 0 Å². The zero-order valence-electron chi connectivity index (χ0n) is 12.5. The number of carbonyl (C=O) groups is 1. The van der Waals surface area contributed by atoms with E-state index in [-0.39, 0.29) is 5.91 Å². The van der Waals surface area contributed by atoms with Crippen LogP contribution < -0.4 is 0 Å². The molecular formula is C15H25N3O. The van der Waals surface area contributed by atoms with Gasteiger partial charge in [0.1, 0.15) is 0 Å².